The van der Waals surface area contributed by atoms with Gasteiger partial charge in [-0.05, 0) is 30.5 Å². The van der Waals surface area contributed by atoms with E-state index in [1.807, 2.05) is 54.6 Å². The summed E-state index contributed by atoms with van der Waals surface area (Å²) >= 11 is 0. The zero-order chi connectivity index (χ0) is 20.7. The molecule has 0 bridgehead atoms. The fourth-order valence-corrected chi connectivity index (χ4v) is 4.77. The van der Waals surface area contributed by atoms with E-state index in [0.29, 0.717) is 30.9 Å². The molecule has 1 spiro atoms. The molecule has 154 valence electrons. The molecule has 0 radical (unpaired) electrons. The van der Waals surface area contributed by atoms with Crippen molar-refractivity contribution in [1.82, 2.24) is 10.2 Å². The third kappa shape index (κ3) is 2.93. The summed E-state index contributed by atoms with van der Waals surface area (Å²) in [5.41, 5.74) is 0.758. The molecule has 0 aromatic heterocycles. The average Bonchev–Trinajstić information content (AvgIpc) is 3.34. The molecule has 2 fully saturated rings. The smallest absolute Gasteiger partial charge is 0.325 e. The summed E-state index contributed by atoms with van der Waals surface area (Å²) < 4.78 is 5.91. The average molecular weight is 405 g/mol. The quantitative estimate of drug-likeness (QED) is 0.797. The number of amides is 4. The molecule has 1 N–H and O–H groups in total. The van der Waals surface area contributed by atoms with Gasteiger partial charge in [-0.2, -0.15) is 0 Å². The highest BCUT2D eigenvalue weighted by molar-refractivity contribution is 6.11. The summed E-state index contributed by atoms with van der Waals surface area (Å²) in [6, 6.07) is 16.2. The summed E-state index contributed by atoms with van der Waals surface area (Å²) in [5, 5.41) is 2.84. The van der Waals surface area contributed by atoms with Crippen LogP contribution in [0.2, 0.25) is 0 Å². The van der Waals surface area contributed by atoms with Crippen molar-refractivity contribution in [3.8, 4) is 5.75 Å². The van der Waals surface area contributed by atoms with Crippen molar-refractivity contribution in [2.24, 2.45) is 0 Å². The lowest BCUT2D eigenvalue weighted by Gasteiger charge is -2.37. The third-order valence-electron chi connectivity index (χ3n) is 6.28. The summed E-state index contributed by atoms with van der Waals surface area (Å²) in [6.45, 7) is 0.0148. The molecule has 2 aromatic carbocycles. The summed E-state index contributed by atoms with van der Waals surface area (Å²) in [6.07, 6.45) is 3.08. The number of ether oxygens (including phenoxy) is 1. The molecular weight excluding hydrogens is 382 g/mol. The van der Waals surface area contributed by atoms with Gasteiger partial charge in [-0.1, -0.05) is 55.3 Å². The minimum atomic E-state index is -0.820. The highest BCUT2D eigenvalue weighted by atomic mass is 16.5. The van der Waals surface area contributed by atoms with Crippen molar-refractivity contribution in [3.63, 3.8) is 0 Å². The molecule has 1 atom stereocenters. The number of benzene rings is 2. The largest absolute Gasteiger partial charge is 0.489 e. The van der Waals surface area contributed by atoms with Gasteiger partial charge in [0, 0.05) is 0 Å². The first-order chi connectivity index (χ1) is 14.6. The van der Waals surface area contributed by atoms with Gasteiger partial charge in [-0.3, -0.25) is 19.4 Å². The van der Waals surface area contributed by atoms with Crippen LogP contribution in [0.25, 0.3) is 0 Å². The van der Waals surface area contributed by atoms with Crippen LogP contribution in [0, 0.1) is 0 Å². The van der Waals surface area contributed by atoms with Gasteiger partial charge in [0.2, 0.25) is 5.91 Å². The molecule has 1 saturated carbocycles. The number of nitrogens with zero attached hydrogens (tertiary/aromatic N) is 2. The van der Waals surface area contributed by atoms with Crippen molar-refractivity contribution in [2.45, 2.75) is 37.3 Å². The fraction of sp³-hybridized carbons (Fsp3) is 0.348. The van der Waals surface area contributed by atoms with E-state index >= 15 is 0 Å². The minimum absolute atomic E-state index is 0.281. The van der Waals surface area contributed by atoms with Crippen molar-refractivity contribution < 1.29 is 19.1 Å². The zero-order valence-corrected chi connectivity index (χ0v) is 16.5. The molecule has 4 amide bonds. The van der Waals surface area contributed by atoms with Crippen molar-refractivity contribution in [3.05, 3.63) is 60.2 Å². The molecule has 2 aromatic rings. The molecule has 7 nitrogen and oxygen atoms in total. The fourth-order valence-electron chi connectivity index (χ4n) is 4.77. The van der Waals surface area contributed by atoms with Crippen molar-refractivity contribution in [2.75, 3.05) is 18.1 Å². The highest BCUT2D eigenvalue weighted by Crippen LogP contribution is 2.40. The number of hydrogen-bond acceptors (Lipinski definition) is 4. The molecule has 3 aliphatic rings. The van der Waals surface area contributed by atoms with Gasteiger partial charge >= 0.3 is 6.03 Å². The van der Waals surface area contributed by atoms with E-state index in [0.717, 1.165) is 23.3 Å². The number of imide groups is 1. The Morgan fingerprint density at radius 3 is 2.50 bits per heavy atom. The normalized spacial score (nSPS) is 22.1. The van der Waals surface area contributed by atoms with Crippen molar-refractivity contribution >= 4 is 23.5 Å². The second-order valence-corrected chi connectivity index (χ2v) is 8.08. The van der Waals surface area contributed by atoms with Crippen LogP contribution in [0.15, 0.2) is 54.6 Å². The van der Waals surface area contributed by atoms with Crippen LogP contribution in [0.5, 0.6) is 5.75 Å². The van der Waals surface area contributed by atoms with Gasteiger partial charge in [-0.25, -0.2) is 4.79 Å². The topological polar surface area (TPSA) is 79.0 Å². The second kappa shape index (κ2) is 7.16. The Kier molecular flexibility index (Phi) is 4.46. The maximum Gasteiger partial charge on any atom is 0.325 e. The van der Waals surface area contributed by atoms with Crippen LogP contribution in [-0.2, 0) is 9.59 Å². The van der Waals surface area contributed by atoms with E-state index < -0.39 is 11.6 Å². The molecular formula is C23H23N3O4. The SMILES string of the molecule is O=C1NC2(CCCC2)C(=O)N1CC(=O)N1c2ccccc2OC[C@H]1c1ccccc1. The number of fused-ring (bicyclic) bond motifs is 1. The standard InChI is InChI=1S/C23H23N3O4/c27-20(14-25-21(28)23(24-22(25)29)12-6-7-13-23)26-17-10-4-5-11-19(17)30-15-18(26)16-8-2-1-3-9-16/h1-5,8-11,18H,6-7,12-15H2,(H,24,29)/t18-/m0/s1. The van der Waals surface area contributed by atoms with E-state index in [9.17, 15) is 14.4 Å². The summed E-state index contributed by atoms with van der Waals surface area (Å²) in [5.74, 6) is 0.0248. The predicted octanol–water partition coefficient (Wildman–Crippen LogP) is 3.02. The maximum absolute atomic E-state index is 13.5. The lowest BCUT2D eigenvalue weighted by atomic mass is 9.98. The Hall–Kier alpha value is -3.35. The molecule has 1 saturated heterocycles. The Morgan fingerprint density at radius 2 is 1.73 bits per heavy atom. The lowest BCUT2D eigenvalue weighted by molar-refractivity contribution is -0.134. The molecule has 1 aliphatic carbocycles. The van der Waals surface area contributed by atoms with Gasteiger partial charge in [0.25, 0.3) is 5.91 Å². The van der Waals surface area contributed by atoms with Crippen LogP contribution < -0.4 is 15.0 Å². The van der Waals surface area contributed by atoms with Crippen molar-refractivity contribution in [1.29, 1.82) is 0 Å². The third-order valence-corrected chi connectivity index (χ3v) is 6.28. The molecule has 0 unspecified atom stereocenters. The number of rotatable bonds is 3. The van der Waals surface area contributed by atoms with Gasteiger partial charge in [-0.15, -0.1) is 0 Å². The number of para-hydroxylation sites is 2. The van der Waals surface area contributed by atoms with E-state index in [2.05, 4.69) is 5.32 Å². The monoisotopic (exact) mass is 405 g/mol. The van der Waals surface area contributed by atoms with E-state index in [-0.39, 0.29) is 24.4 Å². The predicted molar refractivity (Wildman–Crippen MR) is 110 cm³/mol. The number of hydrogen-bond donors (Lipinski definition) is 1. The van der Waals surface area contributed by atoms with Crippen LogP contribution in [0.4, 0.5) is 10.5 Å². The molecule has 2 aliphatic heterocycles. The first-order valence-corrected chi connectivity index (χ1v) is 10.3. The zero-order valence-electron chi connectivity index (χ0n) is 16.5. The first-order valence-electron chi connectivity index (χ1n) is 10.3. The van der Waals surface area contributed by atoms with Crippen LogP contribution in [-0.4, -0.2) is 41.4 Å². The van der Waals surface area contributed by atoms with Gasteiger partial charge in [0.05, 0.1) is 11.7 Å². The number of urea groups is 1. The first kappa shape index (κ1) is 18.7. The van der Waals surface area contributed by atoms with Gasteiger partial charge in [0.1, 0.15) is 24.4 Å². The number of anilines is 1. The molecule has 2 heterocycles. The van der Waals surface area contributed by atoms with E-state index in [4.69, 9.17) is 4.74 Å². The Bertz CT molecular complexity index is 1000. The van der Waals surface area contributed by atoms with E-state index in [1.165, 1.54) is 0 Å². The molecule has 7 heteroatoms. The lowest BCUT2D eigenvalue weighted by Crippen LogP contribution is -2.48. The Morgan fingerprint density at radius 1 is 1.03 bits per heavy atom. The minimum Gasteiger partial charge on any atom is -0.489 e. The summed E-state index contributed by atoms with van der Waals surface area (Å²) in [7, 11) is 0. The second-order valence-electron chi connectivity index (χ2n) is 8.08. The highest BCUT2D eigenvalue weighted by Gasteiger charge is 2.53. The number of carbonyl (C=O) groups excluding carboxylic acids is 3. The van der Waals surface area contributed by atoms with Crippen LogP contribution in [0.3, 0.4) is 0 Å². The van der Waals surface area contributed by atoms with Crippen LogP contribution >= 0.6 is 0 Å². The van der Waals surface area contributed by atoms with Gasteiger partial charge in [0.15, 0.2) is 0 Å². The Balaban J connectivity index is 1.46. The molecule has 30 heavy (non-hydrogen) atoms. The van der Waals surface area contributed by atoms with Crippen LogP contribution in [0.1, 0.15) is 37.3 Å². The maximum atomic E-state index is 13.5. The number of carbonyl (C=O) groups is 3. The Labute approximate surface area is 174 Å². The van der Waals surface area contributed by atoms with E-state index in [1.54, 1.807) is 4.90 Å². The molecule has 5 rings (SSSR count). The van der Waals surface area contributed by atoms with Gasteiger partial charge < -0.3 is 10.1 Å². The summed E-state index contributed by atoms with van der Waals surface area (Å²) in [4.78, 5) is 41.8. The number of nitrogens with one attached hydrogen (secondary N) is 1.